The lowest BCUT2D eigenvalue weighted by molar-refractivity contribution is -0.136. The predicted molar refractivity (Wildman–Crippen MR) is 132 cm³/mol. The molecule has 2 N–H and O–H groups in total. The predicted octanol–water partition coefficient (Wildman–Crippen LogP) is 4.00. The lowest BCUT2D eigenvalue weighted by Gasteiger charge is -2.32. The number of anilines is 1. The van der Waals surface area contributed by atoms with Crippen molar-refractivity contribution in [2.75, 3.05) is 25.0 Å². The van der Waals surface area contributed by atoms with Crippen molar-refractivity contribution < 1.29 is 19.1 Å². The van der Waals surface area contributed by atoms with E-state index in [2.05, 4.69) is 10.6 Å². The van der Waals surface area contributed by atoms with E-state index in [-0.39, 0.29) is 23.6 Å². The van der Waals surface area contributed by atoms with Crippen LogP contribution in [0.3, 0.4) is 0 Å². The Balaban J connectivity index is 1.43. The molecule has 7 heteroatoms. The summed E-state index contributed by atoms with van der Waals surface area (Å²) in [5.74, 6) is 0.764. The molecular weight excluding hydrogens is 430 g/mol. The van der Waals surface area contributed by atoms with E-state index in [0.717, 1.165) is 29.8 Å². The molecule has 1 saturated heterocycles. The molecule has 7 nitrogen and oxygen atoms in total. The molecule has 0 bridgehead atoms. The first-order chi connectivity index (χ1) is 16.4. The Morgan fingerprint density at radius 2 is 1.88 bits per heavy atom. The van der Waals surface area contributed by atoms with E-state index >= 15 is 0 Å². The number of hydrogen-bond acceptors (Lipinski definition) is 4. The second-order valence-corrected chi connectivity index (χ2v) is 9.15. The maximum Gasteiger partial charge on any atom is 0.226 e. The highest BCUT2D eigenvalue weighted by Gasteiger charge is 2.28. The molecule has 0 saturated carbocycles. The van der Waals surface area contributed by atoms with Gasteiger partial charge in [0.2, 0.25) is 17.7 Å². The maximum atomic E-state index is 12.8. The van der Waals surface area contributed by atoms with Gasteiger partial charge in [0.15, 0.2) is 0 Å². The van der Waals surface area contributed by atoms with E-state index in [0.29, 0.717) is 45.0 Å². The number of amides is 3. The van der Waals surface area contributed by atoms with E-state index in [1.165, 1.54) is 0 Å². The highest BCUT2D eigenvalue weighted by Crippen LogP contribution is 2.19. The van der Waals surface area contributed by atoms with Crippen LogP contribution in [0.2, 0.25) is 0 Å². The van der Waals surface area contributed by atoms with E-state index in [9.17, 15) is 14.4 Å². The molecule has 0 radical (unpaired) electrons. The van der Waals surface area contributed by atoms with Crippen LogP contribution >= 0.6 is 0 Å². The number of para-hydroxylation sites is 1. The zero-order valence-electron chi connectivity index (χ0n) is 20.1. The highest BCUT2D eigenvalue weighted by atomic mass is 16.5. The van der Waals surface area contributed by atoms with Gasteiger partial charge in [-0.1, -0.05) is 44.2 Å². The second kappa shape index (κ2) is 12.8. The van der Waals surface area contributed by atoms with Gasteiger partial charge in [-0.25, -0.2) is 0 Å². The minimum atomic E-state index is -0.221. The van der Waals surface area contributed by atoms with Crippen molar-refractivity contribution in [1.82, 2.24) is 10.2 Å². The molecule has 0 spiro atoms. The number of nitrogens with zero attached hydrogens (tertiary/aromatic N) is 1. The summed E-state index contributed by atoms with van der Waals surface area (Å²) < 4.78 is 5.63. The van der Waals surface area contributed by atoms with Crippen LogP contribution in [0.25, 0.3) is 0 Å². The van der Waals surface area contributed by atoms with Gasteiger partial charge in [-0.3, -0.25) is 14.4 Å². The summed E-state index contributed by atoms with van der Waals surface area (Å²) in [6.45, 7) is 5.81. The van der Waals surface area contributed by atoms with Crippen molar-refractivity contribution >= 4 is 23.4 Å². The molecule has 1 fully saturated rings. The number of nitrogens with one attached hydrogen (secondary N) is 2. The van der Waals surface area contributed by atoms with Crippen molar-refractivity contribution in [3.63, 3.8) is 0 Å². The van der Waals surface area contributed by atoms with Gasteiger partial charge in [-0.2, -0.15) is 0 Å². The van der Waals surface area contributed by atoms with Crippen LogP contribution in [0.15, 0.2) is 54.6 Å². The van der Waals surface area contributed by atoms with Crippen LogP contribution in [0, 0.1) is 11.8 Å². The molecule has 34 heavy (non-hydrogen) atoms. The first kappa shape index (κ1) is 25.3. The van der Waals surface area contributed by atoms with Gasteiger partial charge in [-0.15, -0.1) is 0 Å². The van der Waals surface area contributed by atoms with Crippen LogP contribution in [0.4, 0.5) is 5.69 Å². The van der Waals surface area contributed by atoms with Gasteiger partial charge in [-0.05, 0) is 48.6 Å². The fourth-order valence-corrected chi connectivity index (χ4v) is 4.02. The van der Waals surface area contributed by atoms with Gasteiger partial charge in [0.05, 0.1) is 18.9 Å². The average molecular weight is 466 g/mol. The molecule has 2 aromatic carbocycles. The summed E-state index contributed by atoms with van der Waals surface area (Å²) in [4.78, 5) is 39.2. The van der Waals surface area contributed by atoms with Gasteiger partial charge in [0, 0.05) is 31.7 Å². The fourth-order valence-electron chi connectivity index (χ4n) is 4.02. The van der Waals surface area contributed by atoms with Gasteiger partial charge >= 0.3 is 0 Å². The number of carbonyl (C=O) groups is 3. The van der Waals surface area contributed by atoms with Crippen LogP contribution in [0.5, 0.6) is 5.75 Å². The molecule has 3 rings (SSSR count). The third-order valence-electron chi connectivity index (χ3n) is 5.74. The Bertz CT molecular complexity index is 961. The van der Waals surface area contributed by atoms with Crippen LogP contribution in [-0.2, 0) is 20.9 Å². The lowest BCUT2D eigenvalue weighted by Crippen LogP contribution is -2.45. The third-order valence-corrected chi connectivity index (χ3v) is 5.74. The SMILES string of the molecule is CC(C)CC(=O)Nc1cccc(CNC(=O)C2CCCN(C(=O)CCOc3ccccc3)C2)c1. The van der Waals surface area contributed by atoms with Crippen LogP contribution in [0.1, 0.15) is 45.1 Å². The zero-order valence-corrected chi connectivity index (χ0v) is 20.1. The summed E-state index contributed by atoms with van der Waals surface area (Å²) in [5, 5.41) is 5.90. The molecule has 1 aliphatic heterocycles. The fraction of sp³-hybridized carbons (Fsp3) is 0.444. The number of benzene rings is 2. The molecule has 1 atom stereocenters. The highest BCUT2D eigenvalue weighted by molar-refractivity contribution is 5.90. The first-order valence-electron chi connectivity index (χ1n) is 12.0. The van der Waals surface area contributed by atoms with Crippen LogP contribution < -0.4 is 15.4 Å². The minimum Gasteiger partial charge on any atom is -0.493 e. The smallest absolute Gasteiger partial charge is 0.226 e. The molecule has 3 amide bonds. The van der Waals surface area contributed by atoms with Gasteiger partial charge < -0.3 is 20.3 Å². The first-order valence-corrected chi connectivity index (χ1v) is 12.0. The van der Waals surface area contributed by atoms with Crippen molar-refractivity contribution in [1.29, 1.82) is 0 Å². The van der Waals surface area contributed by atoms with E-state index < -0.39 is 0 Å². The Morgan fingerprint density at radius 1 is 1.09 bits per heavy atom. The normalized spacial score (nSPS) is 15.6. The quantitative estimate of drug-likeness (QED) is 0.555. The largest absolute Gasteiger partial charge is 0.493 e. The average Bonchev–Trinajstić information content (AvgIpc) is 2.83. The van der Waals surface area contributed by atoms with Crippen molar-refractivity contribution in [3.05, 3.63) is 60.2 Å². The maximum absolute atomic E-state index is 12.8. The molecule has 1 heterocycles. The second-order valence-electron chi connectivity index (χ2n) is 9.15. The van der Waals surface area contributed by atoms with Crippen molar-refractivity contribution in [2.45, 2.75) is 46.1 Å². The summed E-state index contributed by atoms with van der Waals surface area (Å²) in [6.07, 6.45) is 2.33. The number of likely N-dealkylation sites (tertiary alicyclic amines) is 1. The molecule has 1 unspecified atom stereocenters. The van der Waals surface area contributed by atoms with Gasteiger partial charge in [0.1, 0.15) is 5.75 Å². The monoisotopic (exact) mass is 465 g/mol. The number of ether oxygens (including phenoxy) is 1. The molecule has 182 valence electrons. The third kappa shape index (κ3) is 8.21. The number of piperidine rings is 1. The Morgan fingerprint density at radius 3 is 2.65 bits per heavy atom. The number of hydrogen-bond donors (Lipinski definition) is 2. The Hall–Kier alpha value is -3.35. The van der Waals surface area contributed by atoms with Crippen molar-refractivity contribution in [2.24, 2.45) is 11.8 Å². The number of carbonyl (C=O) groups excluding carboxylic acids is 3. The molecule has 1 aliphatic rings. The van der Waals surface area contributed by atoms with Crippen molar-refractivity contribution in [3.8, 4) is 5.75 Å². The standard InChI is InChI=1S/C27H35N3O4/c1-20(2)16-25(31)29-23-10-6-8-21(17-23)18-28-27(33)22-9-7-14-30(19-22)26(32)13-15-34-24-11-4-3-5-12-24/h3-6,8,10-12,17,20,22H,7,9,13-16,18-19H2,1-2H3,(H,28,33)(H,29,31). The number of rotatable bonds is 10. The van der Waals surface area contributed by atoms with Crippen LogP contribution in [-0.4, -0.2) is 42.3 Å². The minimum absolute atomic E-state index is 0.0123. The van der Waals surface area contributed by atoms with E-state index in [1.54, 1.807) is 4.90 Å². The van der Waals surface area contributed by atoms with E-state index in [4.69, 9.17) is 4.74 Å². The lowest BCUT2D eigenvalue weighted by atomic mass is 9.96. The summed E-state index contributed by atoms with van der Waals surface area (Å²) >= 11 is 0. The van der Waals surface area contributed by atoms with E-state index in [1.807, 2.05) is 68.4 Å². The molecular formula is C27H35N3O4. The Labute approximate surface area is 201 Å². The summed E-state index contributed by atoms with van der Waals surface area (Å²) in [7, 11) is 0. The summed E-state index contributed by atoms with van der Waals surface area (Å²) in [6, 6.07) is 16.9. The molecule has 2 aromatic rings. The summed E-state index contributed by atoms with van der Waals surface area (Å²) in [5.41, 5.74) is 1.64. The Kier molecular flexibility index (Phi) is 9.50. The zero-order chi connectivity index (χ0) is 24.3. The topological polar surface area (TPSA) is 87.7 Å². The molecule has 0 aliphatic carbocycles. The molecule has 0 aromatic heterocycles. The van der Waals surface area contributed by atoms with Gasteiger partial charge in [0.25, 0.3) is 0 Å².